The molecule has 0 spiro atoms. The Balaban J connectivity index is 2.31. The largest absolute Gasteiger partial charge is 0.397 e. The predicted octanol–water partition coefficient (Wildman–Crippen LogP) is 2.18. The zero-order valence-corrected chi connectivity index (χ0v) is 11.1. The summed E-state index contributed by atoms with van der Waals surface area (Å²) in [4.78, 5) is 6.50. The Hall–Kier alpha value is -1.81. The van der Waals surface area contributed by atoms with Crippen LogP contribution in [0.3, 0.4) is 0 Å². The van der Waals surface area contributed by atoms with Crippen LogP contribution in [-0.4, -0.2) is 36.6 Å². The van der Waals surface area contributed by atoms with Crippen molar-refractivity contribution in [2.24, 2.45) is 0 Å². The number of aromatic nitrogens is 1. The van der Waals surface area contributed by atoms with Crippen LogP contribution >= 0.6 is 0 Å². The zero-order valence-electron chi connectivity index (χ0n) is 11.1. The molecule has 0 fully saturated rings. The fourth-order valence-electron chi connectivity index (χ4n) is 2.18. The molecule has 0 aliphatic carbocycles. The van der Waals surface area contributed by atoms with Crippen LogP contribution in [-0.2, 0) is 0 Å². The van der Waals surface area contributed by atoms with Gasteiger partial charge in [0.05, 0.1) is 11.2 Å². The lowest BCUT2D eigenvalue weighted by Crippen LogP contribution is -2.29. The number of nitrogens with one attached hydrogen (secondary N) is 1. The van der Waals surface area contributed by atoms with Crippen LogP contribution in [0.4, 0.5) is 11.4 Å². The molecule has 0 saturated carbocycles. The highest BCUT2D eigenvalue weighted by atomic mass is 15.1. The summed E-state index contributed by atoms with van der Waals surface area (Å²) in [5.41, 5.74) is 8.60. The van der Waals surface area contributed by atoms with Crippen LogP contribution in [0.25, 0.3) is 10.9 Å². The van der Waals surface area contributed by atoms with Gasteiger partial charge in [-0.15, -0.1) is 0 Å². The summed E-state index contributed by atoms with van der Waals surface area (Å²) in [6.07, 6.45) is 1.80. The maximum Gasteiger partial charge on any atom is 0.0951 e. The van der Waals surface area contributed by atoms with Gasteiger partial charge in [-0.2, -0.15) is 0 Å². The molecule has 0 saturated heterocycles. The first kappa shape index (κ1) is 12.6. The molecule has 1 heterocycles. The van der Waals surface area contributed by atoms with Crippen molar-refractivity contribution in [2.45, 2.75) is 13.0 Å². The number of nitrogen functional groups attached to an aromatic ring is 1. The molecule has 1 aromatic heterocycles. The van der Waals surface area contributed by atoms with E-state index >= 15 is 0 Å². The van der Waals surface area contributed by atoms with Crippen LogP contribution in [0.15, 0.2) is 30.5 Å². The SMILES string of the molecule is CC(CN(C)C)Nc1ccnc2c(N)cccc12. The average molecular weight is 244 g/mol. The van der Waals surface area contributed by atoms with E-state index in [0.717, 1.165) is 28.8 Å². The summed E-state index contributed by atoms with van der Waals surface area (Å²) in [5, 5.41) is 4.58. The molecule has 2 aromatic rings. The molecule has 0 amide bonds. The van der Waals surface area contributed by atoms with E-state index in [1.54, 1.807) is 6.20 Å². The standard InChI is InChI=1S/C14H20N4/c1-10(9-18(2)3)17-13-7-8-16-14-11(13)5-4-6-12(14)15/h4-8,10H,9,15H2,1-3H3,(H,16,17). The molecular formula is C14H20N4. The number of hydrogen-bond donors (Lipinski definition) is 2. The monoisotopic (exact) mass is 244 g/mol. The van der Waals surface area contributed by atoms with E-state index < -0.39 is 0 Å². The Morgan fingerprint density at radius 2 is 2.11 bits per heavy atom. The summed E-state index contributed by atoms with van der Waals surface area (Å²) >= 11 is 0. The second-order valence-corrected chi connectivity index (χ2v) is 4.91. The minimum absolute atomic E-state index is 0.368. The van der Waals surface area contributed by atoms with Crippen molar-refractivity contribution in [3.8, 4) is 0 Å². The second kappa shape index (κ2) is 5.23. The third kappa shape index (κ3) is 2.71. The van der Waals surface area contributed by atoms with E-state index in [-0.39, 0.29) is 0 Å². The molecule has 1 aromatic carbocycles. The van der Waals surface area contributed by atoms with Gasteiger partial charge in [0.15, 0.2) is 0 Å². The van der Waals surface area contributed by atoms with Gasteiger partial charge in [-0.25, -0.2) is 0 Å². The molecule has 18 heavy (non-hydrogen) atoms. The Kier molecular flexibility index (Phi) is 3.67. The van der Waals surface area contributed by atoms with Gasteiger partial charge in [0.2, 0.25) is 0 Å². The fraction of sp³-hybridized carbons (Fsp3) is 0.357. The highest BCUT2D eigenvalue weighted by Gasteiger charge is 2.07. The average Bonchev–Trinajstić information content (AvgIpc) is 2.29. The highest BCUT2D eigenvalue weighted by Crippen LogP contribution is 2.25. The van der Waals surface area contributed by atoms with Crippen LogP contribution in [0.2, 0.25) is 0 Å². The third-order valence-electron chi connectivity index (χ3n) is 2.84. The van der Waals surface area contributed by atoms with Gasteiger partial charge >= 0.3 is 0 Å². The molecule has 3 N–H and O–H groups in total. The minimum Gasteiger partial charge on any atom is -0.397 e. The van der Waals surface area contributed by atoms with Gasteiger partial charge in [-0.1, -0.05) is 12.1 Å². The van der Waals surface area contributed by atoms with Crippen LogP contribution in [0, 0.1) is 0 Å². The Bertz CT molecular complexity index is 536. The van der Waals surface area contributed by atoms with E-state index in [4.69, 9.17) is 5.73 Å². The fourth-order valence-corrected chi connectivity index (χ4v) is 2.18. The molecule has 4 nitrogen and oxygen atoms in total. The summed E-state index contributed by atoms with van der Waals surface area (Å²) in [6, 6.07) is 8.24. The van der Waals surface area contributed by atoms with E-state index in [0.29, 0.717) is 6.04 Å². The van der Waals surface area contributed by atoms with Crippen LogP contribution in [0.1, 0.15) is 6.92 Å². The molecule has 0 bridgehead atoms. The molecule has 2 rings (SSSR count). The van der Waals surface area contributed by atoms with Crippen molar-refractivity contribution < 1.29 is 0 Å². The summed E-state index contributed by atoms with van der Waals surface area (Å²) in [7, 11) is 4.14. The van der Waals surface area contributed by atoms with Crippen molar-refractivity contribution in [1.82, 2.24) is 9.88 Å². The van der Waals surface area contributed by atoms with E-state index in [1.165, 1.54) is 0 Å². The molecule has 0 aliphatic rings. The lowest BCUT2D eigenvalue weighted by atomic mass is 10.1. The first-order chi connectivity index (χ1) is 8.58. The quantitative estimate of drug-likeness (QED) is 0.809. The van der Waals surface area contributed by atoms with E-state index in [1.807, 2.05) is 24.3 Å². The number of fused-ring (bicyclic) bond motifs is 1. The van der Waals surface area contributed by atoms with Crippen LogP contribution in [0.5, 0.6) is 0 Å². The lowest BCUT2D eigenvalue weighted by Gasteiger charge is -2.20. The number of benzene rings is 1. The smallest absolute Gasteiger partial charge is 0.0951 e. The molecule has 96 valence electrons. The number of likely N-dealkylation sites (N-methyl/N-ethyl adjacent to an activating group) is 1. The van der Waals surface area contributed by atoms with Crippen molar-refractivity contribution in [3.05, 3.63) is 30.5 Å². The molecule has 1 atom stereocenters. The first-order valence-electron chi connectivity index (χ1n) is 6.12. The lowest BCUT2D eigenvalue weighted by molar-refractivity contribution is 0.392. The number of pyridine rings is 1. The van der Waals surface area contributed by atoms with Gasteiger partial charge in [0, 0.05) is 29.9 Å². The Morgan fingerprint density at radius 1 is 1.33 bits per heavy atom. The number of para-hydroxylation sites is 1. The maximum atomic E-state index is 5.94. The van der Waals surface area contributed by atoms with Gasteiger partial charge in [-0.3, -0.25) is 4.98 Å². The van der Waals surface area contributed by atoms with Gasteiger partial charge in [-0.05, 0) is 33.2 Å². The summed E-state index contributed by atoms with van der Waals surface area (Å²) in [6.45, 7) is 3.14. The molecular weight excluding hydrogens is 224 g/mol. The summed E-state index contributed by atoms with van der Waals surface area (Å²) in [5.74, 6) is 0. The molecule has 0 radical (unpaired) electrons. The number of rotatable bonds is 4. The minimum atomic E-state index is 0.368. The van der Waals surface area contributed by atoms with Crippen molar-refractivity contribution in [2.75, 3.05) is 31.7 Å². The zero-order chi connectivity index (χ0) is 13.1. The van der Waals surface area contributed by atoms with Crippen LogP contribution < -0.4 is 11.1 Å². The number of hydrogen-bond acceptors (Lipinski definition) is 4. The number of nitrogens with zero attached hydrogens (tertiary/aromatic N) is 2. The van der Waals surface area contributed by atoms with Gasteiger partial charge in [0.25, 0.3) is 0 Å². The predicted molar refractivity (Wildman–Crippen MR) is 77.8 cm³/mol. The normalized spacial score (nSPS) is 12.9. The van der Waals surface area contributed by atoms with Crippen molar-refractivity contribution >= 4 is 22.3 Å². The van der Waals surface area contributed by atoms with Crippen molar-refractivity contribution in [1.29, 1.82) is 0 Å². The summed E-state index contributed by atoms with van der Waals surface area (Å²) < 4.78 is 0. The maximum absolute atomic E-state index is 5.94. The molecule has 0 aliphatic heterocycles. The van der Waals surface area contributed by atoms with Crippen molar-refractivity contribution in [3.63, 3.8) is 0 Å². The van der Waals surface area contributed by atoms with Gasteiger partial charge < -0.3 is 16.0 Å². The topological polar surface area (TPSA) is 54.2 Å². The third-order valence-corrected chi connectivity index (χ3v) is 2.84. The Morgan fingerprint density at radius 3 is 2.83 bits per heavy atom. The van der Waals surface area contributed by atoms with Gasteiger partial charge in [0.1, 0.15) is 0 Å². The molecule has 4 heteroatoms. The second-order valence-electron chi connectivity index (χ2n) is 4.91. The first-order valence-corrected chi connectivity index (χ1v) is 6.12. The van der Waals surface area contributed by atoms with E-state index in [9.17, 15) is 0 Å². The molecule has 1 unspecified atom stereocenters. The highest BCUT2D eigenvalue weighted by molar-refractivity contribution is 5.97. The Labute approximate surface area is 108 Å². The van der Waals surface area contributed by atoms with E-state index in [2.05, 4.69) is 36.2 Å². The number of nitrogens with two attached hydrogens (primary N) is 1. The number of anilines is 2.